The van der Waals surface area contributed by atoms with Crippen molar-refractivity contribution in [2.75, 3.05) is 7.11 Å². The number of methoxy groups -OCH3 is 1. The summed E-state index contributed by atoms with van der Waals surface area (Å²) in [4.78, 5) is 0. The first kappa shape index (κ1) is 13.8. The molecule has 0 aliphatic rings. The molecule has 0 aliphatic heterocycles. The van der Waals surface area contributed by atoms with Crippen molar-refractivity contribution in [1.82, 2.24) is 0 Å². The van der Waals surface area contributed by atoms with Crippen LogP contribution in [0.2, 0.25) is 0 Å². The molecule has 1 nitrogen and oxygen atoms in total. The number of alkyl halides is 1. The van der Waals surface area contributed by atoms with E-state index in [1.807, 2.05) is 0 Å². The van der Waals surface area contributed by atoms with E-state index in [0.29, 0.717) is 16.9 Å². The molecule has 0 aromatic heterocycles. The van der Waals surface area contributed by atoms with Crippen molar-refractivity contribution in [3.8, 4) is 5.75 Å². The predicted octanol–water partition coefficient (Wildman–Crippen LogP) is 4.61. The normalized spacial score (nSPS) is 12.3. The van der Waals surface area contributed by atoms with E-state index in [2.05, 4.69) is 0 Å². The van der Waals surface area contributed by atoms with Crippen LogP contribution >= 0.6 is 11.6 Å². The van der Waals surface area contributed by atoms with Crippen LogP contribution in [-0.2, 0) is 0 Å². The molecule has 2 rings (SSSR count). The van der Waals surface area contributed by atoms with Crippen LogP contribution in [0.25, 0.3) is 0 Å². The van der Waals surface area contributed by atoms with Gasteiger partial charge < -0.3 is 4.74 Å². The highest BCUT2D eigenvalue weighted by atomic mass is 35.5. The summed E-state index contributed by atoms with van der Waals surface area (Å²) in [5.41, 5.74) is 1.51. The maximum atomic E-state index is 13.9. The minimum atomic E-state index is -0.800. The molecule has 0 fully saturated rings. The average Bonchev–Trinajstić information content (AvgIpc) is 2.38. The fourth-order valence-electron chi connectivity index (χ4n) is 1.91. The number of rotatable bonds is 3. The SMILES string of the molecule is COc1ccc(F)cc1C(Cl)c1ccc(C)cc1F. The Kier molecular flexibility index (Phi) is 4.05. The number of aryl methyl sites for hydroxylation is 1. The van der Waals surface area contributed by atoms with Gasteiger partial charge in [0.25, 0.3) is 0 Å². The highest BCUT2D eigenvalue weighted by molar-refractivity contribution is 6.22. The lowest BCUT2D eigenvalue weighted by molar-refractivity contribution is 0.408. The van der Waals surface area contributed by atoms with Crippen molar-refractivity contribution in [1.29, 1.82) is 0 Å². The van der Waals surface area contributed by atoms with Gasteiger partial charge in [-0.3, -0.25) is 0 Å². The van der Waals surface area contributed by atoms with E-state index in [-0.39, 0.29) is 0 Å². The average molecular weight is 283 g/mol. The van der Waals surface area contributed by atoms with Gasteiger partial charge in [0.15, 0.2) is 0 Å². The lowest BCUT2D eigenvalue weighted by atomic mass is 10.0. The minimum Gasteiger partial charge on any atom is -0.496 e. The van der Waals surface area contributed by atoms with Gasteiger partial charge >= 0.3 is 0 Å². The van der Waals surface area contributed by atoms with Crippen LogP contribution in [0.15, 0.2) is 36.4 Å². The molecule has 100 valence electrons. The van der Waals surface area contributed by atoms with Gasteiger partial charge in [0.1, 0.15) is 17.4 Å². The van der Waals surface area contributed by atoms with E-state index in [9.17, 15) is 8.78 Å². The second-order valence-corrected chi connectivity index (χ2v) is 4.71. The summed E-state index contributed by atoms with van der Waals surface area (Å²) >= 11 is 6.26. The molecule has 1 atom stereocenters. The fourth-order valence-corrected chi connectivity index (χ4v) is 2.26. The molecule has 0 saturated heterocycles. The zero-order chi connectivity index (χ0) is 14.0. The smallest absolute Gasteiger partial charge is 0.128 e. The second kappa shape index (κ2) is 5.57. The topological polar surface area (TPSA) is 9.23 Å². The monoisotopic (exact) mass is 282 g/mol. The van der Waals surface area contributed by atoms with Crippen LogP contribution in [-0.4, -0.2) is 7.11 Å². The summed E-state index contributed by atoms with van der Waals surface area (Å²) in [6.07, 6.45) is 0. The molecular formula is C15H13ClF2O. The van der Waals surface area contributed by atoms with Gasteiger partial charge in [-0.15, -0.1) is 11.6 Å². The first-order valence-electron chi connectivity index (χ1n) is 5.76. The summed E-state index contributed by atoms with van der Waals surface area (Å²) in [6.45, 7) is 1.79. The number of hydrogen-bond donors (Lipinski definition) is 0. The van der Waals surface area contributed by atoms with Crippen molar-refractivity contribution < 1.29 is 13.5 Å². The molecule has 19 heavy (non-hydrogen) atoms. The standard InChI is InChI=1S/C15H13ClF2O/c1-9-3-5-11(13(18)7-9)15(16)12-8-10(17)4-6-14(12)19-2/h3-8,15H,1-2H3. The van der Waals surface area contributed by atoms with E-state index in [4.69, 9.17) is 16.3 Å². The van der Waals surface area contributed by atoms with Gasteiger partial charge in [-0.1, -0.05) is 12.1 Å². The largest absolute Gasteiger partial charge is 0.496 e. The second-order valence-electron chi connectivity index (χ2n) is 4.27. The summed E-state index contributed by atoms with van der Waals surface area (Å²) in [7, 11) is 1.46. The van der Waals surface area contributed by atoms with E-state index in [1.54, 1.807) is 19.1 Å². The van der Waals surface area contributed by atoms with Crippen LogP contribution < -0.4 is 4.74 Å². The predicted molar refractivity (Wildman–Crippen MR) is 71.8 cm³/mol. The van der Waals surface area contributed by atoms with Gasteiger partial charge in [-0.2, -0.15) is 0 Å². The lowest BCUT2D eigenvalue weighted by Crippen LogP contribution is -2.01. The molecule has 0 saturated carbocycles. The van der Waals surface area contributed by atoms with Gasteiger partial charge in [-0.25, -0.2) is 8.78 Å². The number of halogens is 3. The third-order valence-corrected chi connectivity index (χ3v) is 3.36. The molecule has 2 aromatic rings. The van der Waals surface area contributed by atoms with E-state index in [0.717, 1.165) is 5.56 Å². The molecule has 4 heteroatoms. The highest BCUT2D eigenvalue weighted by Gasteiger charge is 2.19. The zero-order valence-electron chi connectivity index (χ0n) is 10.6. The first-order chi connectivity index (χ1) is 9.02. The maximum absolute atomic E-state index is 13.9. The van der Waals surface area contributed by atoms with E-state index < -0.39 is 17.0 Å². The summed E-state index contributed by atoms with van der Waals surface area (Å²) < 4.78 is 32.4. The molecule has 2 aromatic carbocycles. The Balaban J connectivity index is 2.49. The Morgan fingerprint density at radius 1 is 1.05 bits per heavy atom. The third-order valence-electron chi connectivity index (χ3n) is 2.89. The van der Waals surface area contributed by atoms with Crippen LogP contribution in [0.5, 0.6) is 5.75 Å². The van der Waals surface area contributed by atoms with Crippen molar-refractivity contribution in [2.24, 2.45) is 0 Å². The Morgan fingerprint density at radius 2 is 1.79 bits per heavy atom. The number of benzene rings is 2. The fraction of sp³-hybridized carbons (Fsp3) is 0.200. The molecule has 0 amide bonds. The van der Waals surface area contributed by atoms with E-state index in [1.165, 1.54) is 31.4 Å². The van der Waals surface area contributed by atoms with E-state index >= 15 is 0 Å². The summed E-state index contributed by atoms with van der Waals surface area (Å²) in [6, 6.07) is 8.78. The summed E-state index contributed by atoms with van der Waals surface area (Å²) in [5, 5.41) is -0.800. The molecular weight excluding hydrogens is 270 g/mol. The van der Waals surface area contributed by atoms with Crippen LogP contribution in [0, 0.1) is 18.6 Å². The van der Waals surface area contributed by atoms with Gasteiger partial charge in [0.05, 0.1) is 12.5 Å². The zero-order valence-corrected chi connectivity index (χ0v) is 11.3. The van der Waals surface area contributed by atoms with Crippen molar-refractivity contribution in [3.05, 3.63) is 64.7 Å². The molecule has 0 N–H and O–H groups in total. The number of ether oxygens (including phenoxy) is 1. The van der Waals surface area contributed by atoms with Crippen LogP contribution in [0.4, 0.5) is 8.78 Å². The van der Waals surface area contributed by atoms with Crippen molar-refractivity contribution in [3.63, 3.8) is 0 Å². The summed E-state index contributed by atoms with van der Waals surface area (Å²) in [5.74, 6) is -0.415. The molecule has 0 radical (unpaired) electrons. The highest BCUT2D eigenvalue weighted by Crippen LogP contribution is 2.36. The third kappa shape index (κ3) is 2.87. The van der Waals surface area contributed by atoms with Gasteiger partial charge in [0, 0.05) is 11.1 Å². The van der Waals surface area contributed by atoms with Gasteiger partial charge in [0.2, 0.25) is 0 Å². The minimum absolute atomic E-state index is 0.302. The molecule has 0 aliphatic carbocycles. The lowest BCUT2D eigenvalue weighted by Gasteiger charge is -2.15. The quantitative estimate of drug-likeness (QED) is 0.747. The Labute approximate surface area is 115 Å². The molecule has 0 bridgehead atoms. The Morgan fingerprint density at radius 3 is 2.42 bits per heavy atom. The maximum Gasteiger partial charge on any atom is 0.128 e. The van der Waals surface area contributed by atoms with Crippen molar-refractivity contribution >= 4 is 11.6 Å². The van der Waals surface area contributed by atoms with Crippen LogP contribution in [0.1, 0.15) is 22.1 Å². The van der Waals surface area contributed by atoms with Gasteiger partial charge in [-0.05, 0) is 36.8 Å². The molecule has 0 heterocycles. The Hall–Kier alpha value is -1.61. The van der Waals surface area contributed by atoms with Crippen LogP contribution in [0.3, 0.4) is 0 Å². The van der Waals surface area contributed by atoms with Crippen molar-refractivity contribution in [2.45, 2.75) is 12.3 Å². The Bertz CT molecular complexity index is 599. The first-order valence-corrected chi connectivity index (χ1v) is 6.20. The molecule has 1 unspecified atom stereocenters. The molecule has 0 spiro atoms. The number of hydrogen-bond acceptors (Lipinski definition) is 1.